The normalized spacial score (nSPS) is 15.1. The molecule has 0 fully saturated rings. The summed E-state index contributed by atoms with van der Waals surface area (Å²) >= 11 is 1.69. The highest BCUT2D eigenvalue weighted by molar-refractivity contribution is 7.98. The standard InChI is InChI=1S/C11H17NOS/c1-3-10(12)11(13)8-4-6-9(14-2)7-5-8/h4-7,10-11,13H,3,12H2,1-2H3. The largest absolute Gasteiger partial charge is 0.387 e. The summed E-state index contributed by atoms with van der Waals surface area (Å²) in [6, 6.07) is 7.71. The Balaban J connectivity index is 2.75. The minimum Gasteiger partial charge on any atom is -0.387 e. The molecule has 3 N–H and O–H groups in total. The maximum Gasteiger partial charge on any atom is 0.0940 e. The molecule has 0 amide bonds. The lowest BCUT2D eigenvalue weighted by Gasteiger charge is -2.17. The molecular weight excluding hydrogens is 194 g/mol. The molecule has 0 saturated carbocycles. The summed E-state index contributed by atoms with van der Waals surface area (Å²) in [5.41, 5.74) is 6.66. The van der Waals surface area contributed by atoms with Crippen LogP contribution in [0.5, 0.6) is 0 Å². The average molecular weight is 211 g/mol. The van der Waals surface area contributed by atoms with Crippen LogP contribution in [0.25, 0.3) is 0 Å². The first-order valence-electron chi connectivity index (χ1n) is 4.76. The molecule has 0 aliphatic heterocycles. The number of aliphatic hydroxyl groups excluding tert-OH is 1. The van der Waals surface area contributed by atoms with Gasteiger partial charge in [0.15, 0.2) is 0 Å². The van der Waals surface area contributed by atoms with Crippen LogP contribution in [0.2, 0.25) is 0 Å². The van der Waals surface area contributed by atoms with E-state index in [1.807, 2.05) is 37.4 Å². The second-order valence-corrected chi connectivity index (χ2v) is 4.17. The number of rotatable bonds is 4. The third-order valence-electron chi connectivity index (χ3n) is 2.33. The maximum absolute atomic E-state index is 9.82. The second-order valence-electron chi connectivity index (χ2n) is 3.29. The van der Waals surface area contributed by atoms with Crippen LogP contribution in [-0.2, 0) is 0 Å². The summed E-state index contributed by atoms with van der Waals surface area (Å²) in [5.74, 6) is 0. The zero-order valence-electron chi connectivity index (χ0n) is 8.60. The Morgan fingerprint density at radius 2 is 1.93 bits per heavy atom. The predicted molar refractivity (Wildman–Crippen MR) is 61.4 cm³/mol. The zero-order valence-corrected chi connectivity index (χ0v) is 9.42. The van der Waals surface area contributed by atoms with E-state index < -0.39 is 6.10 Å². The minimum absolute atomic E-state index is 0.171. The van der Waals surface area contributed by atoms with Gasteiger partial charge in [-0.25, -0.2) is 0 Å². The van der Waals surface area contributed by atoms with Crippen LogP contribution in [0.4, 0.5) is 0 Å². The molecule has 78 valence electrons. The highest BCUT2D eigenvalue weighted by Gasteiger charge is 2.14. The topological polar surface area (TPSA) is 46.2 Å². The van der Waals surface area contributed by atoms with Crippen molar-refractivity contribution in [3.8, 4) is 0 Å². The molecule has 0 aromatic heterocycles. The zero-order chi connectivity index (χ0) is 10.6. The van der Waals surface area contributed by atoms with Crippen molar-refractivity contribution in [1.29, 1.82) is 0 Å². The van der Waals surface area contributed by atoms with E-state index in [4.69, 9.17) is 5.73 Å². The van der Waals surface area contributed by atoms with Crippen LogP contribution in [0.15, 0.2) is 29.2 Å². The van der Waals surface area contributed by atoms with Gasteiger partial charge in [0.25, 0.3) is 0 Å². The van der Waals surface area contributed by atoms with Crippen molar-refractivity contribution in [3.05, 3.63) is 29.8 Å². The van der Waals surface area contributed by atoms with Gasteiger partial charge in [-0.05, 0) is 30.4 Å². The second kappa shape index (κ2) is 5.39. The van der Waals surface area contributed by atoms with E-state index in [9.17, 15) is 5.11 Å². The Hall–Kier alpha value is -0.510. The molecule has 0 heterocycles. The van der Waals surface area contributed by atoms with Gasteiger partial charge in [0, 0.05) is 10.9 Å². The first-order valence-corrected chi connectivity index (χ1v) is 5.99. The molecule has 0 saturated heterocycles. The van der Waals surface area contributed by atoms with Crippen LogP contribution in [0, 0.1) is 0 Å². The van der Waals surface area contributed by atoms with Crippen LogP contribution in [0.1, 0.15) is 25.0 Å². The molecule has 2 atom stereocenters. The van der Waals surface area contributed by atoms with Gasteiger partial charge in [-0.15, -0.1) is 11.8 Å². The number of thioether (sulfide) groups is 1. The van der Waals surface area contributed by atoms with Gasteiger partial charge in [0.2, 0.25) is 0 Å². The molecule has 2 unspecified atom stereocenters. The van der Waals surface area contributed by atoms with E-state index >= 15 is 0 Å². The Morgan fingerprint density at radius 3 is 2.36 bits per heavy atom. The summed E-state index contributed by atoms with van der Waals surface area (Å²) in [6.07, 6.45) is 2.27. The van der Waals surface area contributed by atoms with Crippen LogP contribution >= 0.6 is 11.8 Å². The van der Waals surface area contributed by atoms with Crippen molar-refractivity contribution in [2.24, 2.45) is 5.73 Å². The van der Waals surface area contributed by atoms with Gasteiger partial charge in [-0.3, -0.25) is 0 Å². The molecule has 0 aliphatic carbocycles. The van der Waals surface area contributed by atoms with E-state index in [0.29, 0.717) is 0 Å². The minimum atomic E-state index is -0.545. The molecule has 0 aliphatic rings. The van der Waals surface area contributed by atoms with Crippen LogP contribution in [-0.4, -0.2) is 17.4 Å². The Morgan fingerprint density at radius 1 is 1.36 bits per heavy atom. The monoisotopic (exact) mass is 211 g/mol. The van der Waals surface area contributed by atoms with Crippen molar-refractivity contribution in [1.82, 2.24) is 0 Å². The molecule has 0 radical (unpaired) electrons. The van der Waals surface area contributed by atoms with Gasteiger partial charge >= 0.3 is 0 Å². The quantitative estimate of drug-likeness (QED) is 0.750. The fourth-order valence-electron chi connectivity index (χ4n) is 1.27. The van der Waals surface area contributed by atoms with E-state index in [2.05, 4.69) is 0 Å². The van der Waals surface area contributed by atoms with E-state index in [-0.39, 0.29) is 6.04 Å². The Kier molecular flexibility index (Phi) is 4.45. The molecule has 14 heavy (non-hydrogen) atoms. The van der Waals surface area contributed by atoms with Gasteiger partial charge in [-0.2, -0.15) is 0 Å². The lowest BCUT2D eigenvalue weighted by Crippen LogP contribution is -2.27. The van der Waals surface area contributed by atoms with Crippen molar-refractivity contribution in [2.75, 3.05) is 6.26 Å². The number of hydrogen-bond donors (Lipinski definition) is 2. The maximum atomic E-state index is 9.82. The third kappa shape index (κ3) is 2.74. The summed E-state index contributed by atoms with van der Waals surface area (Å²) in [7, 11) is 0. The molecule has 0 bridgehead atoms. The van der Waals surface area contributed by atoms with Crippen LogP contribution in [0.3, 0.4) is 0 Å². The number of benzene rings is 1. The molecule has 0 spiro atoms. The Bertz CT molecular complexity index is 273. The van der Waals surface area contributed by atoms with E-state index in [0.717, 1.165) is 12.0 Å². The molecule has 2 nitrogen and oxygen atoms in total. The average Bonchev–Trinajstić information content (AvgIpc) is 2.27. The summed E-state index contributed by atoms with van der Waals surface area (Å²) in [5, 5.41) is 9.82. The summed E-state index contributed by atoms with van der Waals surface area (Å²) in [4.78, 5) is 1.20. The number of aliphatic hydroxyl groups is 1. The first-order chi connectivity index (χ1) is 6.69. The summed E-state index contributed by atoms with van der Waals surface area (Å²) in [6.45, 7) is 1.98. The highest BCUT2D eigenvalue weighted by atomic mass is 32.2. The van der Waals surface area contributed by atoms with Crippen molar-refractivity contribution < 1.29 is 5.11 Å². The third-order valence-corrected chi connectivity index (χ3v) is 3.08. The highest BCUT2D eigenvalue weighted by Crippen LogP contribution is 2.21. The lowest BCUT2D eigenvalue weighted by molar-refractivity contribution is 0.144. The number of hydrogen-bond acceptors (Lipinski definition) is 3. The van der Waals surface area contributed by atoms with Gasteiger partial charge in [0.05, 0.1) is 6.10 Å². The number of nitrogens with two attached hydrogens (primary N) is 1. The molecular formula is C11H17NOS. The fraction of sp³-hybridized carbons (Fsp3) is 0.455. The fourth-order valence-corrected chi connectivity index (χ4v) is 1.68. The van der Waals surface area contributed by atoms with Crippen molar-refractivity contribution >= 4 is 11.8 Å². The predicted octanol–water partition coefficient (Wildman–Crippen LogP) is 2.18. The van der Waals surface area contributed by atoms with Gasteiger partial charge in [-0.1, -0.05) is 19.1 Å². The lowest BCUT2D eigenvalue weighted by atomic mass is 10.0. The van der Waals surface area contributed by atoms with E-state index in [1.165, 1.54) is 4.90 Å². The van der Waals surface area contributed by atoms with E-state index in [1.54, 1.807) is 11.8 Å². The van der Waals surface area contributed by atoms with Crippen molar-refractivity contribution in [3.63, 3.8) is 0 Å². The first kappa shape index (κ1) is 11.6. The van der Waals surface area contributed by atoms with Gasteiger partial charge in [0.1, 0.15) is 0 Å². The molecule has 1 aromatic carbocycles. The van der Waals surface area contributed by atoms with Gasteiger partial charge < -0.3 is 10.8 Å². The SMILES string of the molecule is CCC(N)C(O)c1ccc(SC)cc1. The molecule has 1 aromatic rings. The molecule has 1 rings (SSSR count). The Labute approximate surface area is 89.5 Å². The van der Waals surface area contributed by atoms with Crippen LogP contribution < -0.4 is 5.73 Å². The summed E-state index contributed by atoms with van der Waals surface area (Å²) < 4.78 is 0. The van der Waals surface area contributed by atoms with Crippen molar-refractivity contribution in [2.45, 2.75) is 30.4 Å². The molecule has 3 heteroatoms. The smallest absolute Gasteiger partial charge is 0.0940 e.